The van der Waals surface area contributed by atoms with Crippen molar-refractivity contribution in [2.45, 2.75) is 38.9 Å². The third-order valence-electron chi connectivity index (χ3n) is 2.76. The zero-order valence-electron chi connectivity index (χ0n) is 11.1. The molecule has 0 aromatic carbocycles. The average molecular weight is 269 g/mol. The van der Waals surface area contributed by atoms with Crippen molar-refractivity contribution in [3.63, 3.8) is 0 Å². The molecule has 0 aromatic heterocycles. The minimum absolute atomic E-state index is 0.162. The molecule has 0 aliphatic heterocycles. The molecule has 0 bridgehead atoms. The van der Waals surface area contributed by atoms with Gasteiger partial charge >= 0.3 is 6.18 Å². The number of carbonyl (C=O) groups excluding carboxylic acids is 1. The topological polar surface area (TPSA) is 58.4 Å². The lowest BCUT2D eigenvalue weighted by molar-refractivity contribution is -0.187. The quantitative estimate of drug-likeness (QED) is 0.728. The van der Waals surface area contributed by atoms with Gasteiger partial charge in [-0.25, -0.2) is 0 Å². The van der Waals surface area contributed by atoms with Gasteiger partial charge in [0, 0.05) is 13.1 Å². The van der Waals surface area contributed by atoms with Crippen LogP contribution in [0.25, 0.3) is 0 Å². The third kappa shape index (κ3) is 4.81. The Morgan fingerprint density at radius 3 is 2.22 bits per heavy atom. The Morgan fingerprint density at radius 2 is 1.83 bits per heavy atom. The molecule has 0 aliphatic carbocycles. The molecule has 0 spiro atoms. The summed E-state index contributed by atoms with van der Waals surface area (Å²) in [6, 6.07) is 0. The molecule has 0 fully saturated rings. The van der Waals surface area contributed by atoms with Crippen molar-refractivity contribution in [3.8, 4) is 0 Å². The second-order valence-electron chi connectivity index (χ2n) is 4.39. The van der Waals surface area contributed by atoms with Crippen molar-refractivity contribution in [1.82, 2.24) is 10.2 Å². The maximum Gasteiger partial charge on any atom is 0.415 e. The highest BCUT2D eigenvalue weighted by atomic mass is 19.4. The molecule has 0 aromatic rings. The zero-order valence-corrected chi connectivity index (χ0v) is 11.1. The molecule has 0 aliphatic rings. The summed E-state index contributed by atoms with van der Waals surface area (Å²) in [6.07, 6.45) is -3.79. The van der Waals surface area contributed by atoms with E-state index in [4.69, 9.17) is 5.73 Å². The van der Waals surface area contributed by atoms with E-state index >= 15 is 0 Å². The molecule has 7 heteroatoms. The van der Waals surface area contributed by atoms with Crippen LogP contribution >= 0.6 is 0 Å². The van der Waals surface area contributed by atoms with Gasteiger partial charge in [-0.2, -0.15) is 13.2 Å². The molecule has 0 rings (SSSR count). The summed E-state index contributed by atoms with van der Waals surface area (Å²) in [5.41, 5.74) is 2.16. The first kappa shape index (κ1) is 17.2. The number of alkyl halides is 3. The van der Waals surface area contributed by atoms with Gasteiger partial charge in [0.2, 0.25) is 5.91 Å². The number of rotatable bonds is 7. The van der Waals surface area contributed by atoms with Crippen LogP contribution in [0.15, 0.2) is 0 Å². The van der Waals surface area contributed by atoms with Crippen LogP contribution in [0.2, 0.25) is 0 Å². The second kappa shape index (κ2) is 6.94. The highest BCUT2D eigenvalue weighted by Gasteiger charge is 2.53. The van der Waals surface area contributed by atoms with Crippen molar-refractivity contribution >= 4 is 5.91 Å². The first-order valence-electron chi connectivity index (χ1n) is 6.03. The molecule has 0 saturated heterocycles. The predicted octanol–water partition coefficient (Wildman–Crippen LogP) is 1.11. The lowest BCUT2D eigenvalue weighted by atomic mass is 10.0. The summed E-state index contributed by atoms with van der Waals surface area (Å²) in [4.78, 5) is 13.4. The molecule has 1 atom stereocenters. The van der Waals surface area contributed by atoms with E-state index in [1.165, 1.54) is 0 Å². The van der Waals surface area contributed by atoms with Gasteiger partial charge in [0.05, 0.1) is 0 Å². The Kier molecular flexibility index (Phi) is 6.62. The van der Waals surface area contributed by atoms with Crippen molar-refractivity contribution in [3.05, 3.63) is 0 Å². The fourth-order valence-corrected chi connectivity index (χ4v) is 1.38. The van der Waals surface area contributed by atoms with E-state index in [1.807, 2.05) is 18.7 Å². The van der Waals surface area contributed by atoms with Crippen LogP contribution in [0, 0.1) is 0 Å². The Hall–Kier alpha value is -0.820. The number of nitrogens with zero attached hydrogens (tertiary/aromatic N) is 1. The second-order valence-corrected chi connectivity index (χ2v) is 4.39. The van der Waals surface area contributed by atoms with Gasteiger partial charge in [0.15, 0.2) is 5.54 Å². The summed E-state index contributed by atoms with van der Waals surface area (Å²) < 4.78 is 37.4. The van der Waals surface area contributed by atoms with E-state index in [-0.39, 0.29) is 6.54 Å². The summed E-state index contributed by atoms with van der Waals surface area (Å²) in [5, 5.41) is 2.23. The van der Waals surface area contributed by atoms with Gasteiger partial charge in [-0.05, 0) is 26.4 Å². The van der Waals surface area contributed by atoms with Crippen LogP contribution in [-0.2, 0) is 4.79 Å². The predicted molar refractivity (Wildman–Crippen MR) is 64.1 cm³/mol. The maximum absolute atomic E-state index is 12.5. The largest absolute Gasteiger partial charge is 0.415 e. The van der Waals surface area contributed by atoms with Crippen molar-refractivity contribution in [1.29, 1.82) is 0 Å². The molecule has 3 N–H and O–H groups in total. The van der Waals surface area contributed by atoms with Gasteiger partial charge in [0.25, 0.3) is 0 Å². The van der Waals surface area contributed by atoms with Gasteiger partial charge in [-0.15, -0.1) is 0 Å². The fourth-order valence-electron chi connectivity index (χ4n) is 1.38. The Bertz CT molecular complexity index is 267. The Morgan fingerprint density at radius 1 is 1.28 bits per heavy atom. The number of nitrogens with two attached hydrogens (primary N) is 1. The standard InChI is InChI=1S/C11H22F3N3O/c1-4-7-17(5-2)8-6-16-9(18)10(3,15)11(12,13)14/h4-8,15H2,1-3H3,(H,16,18). The maximum atomic E-state index is 12.5. The lowest BCUT2D eigenvalue weighted by Crippen LogP contribution is -2.61. The first-order valence-corrected chi connectivity index (χ1v) is 6.03. The molecule has 0 radical (unpaired) electrons. The summed E-state index contributed by atoms with van der Waals surface area (Å²) in [7, 11) is 0. The monoisotopic (exact) mass is 269 g/mol. The third-order valence-corrected chi connectivity index (χ3v) is 2.76. The molecular formula is C11H22F3N3O. The molecule has 1 amide bonds. The smallest absolute Gasteiger partial charge is 0.353 e. The average Bonchev–Trinajstić information content (AvgIpc) is 2.26. The number of hydrogen-bond donors (Lipinski definition) is 2. The van der Waals surface area contributed by atoms with Crippen LogP contribution in [0.4, 0.5) is 13.2 Å². The molecule has 0 heterocycles. The number of hydrogen-bond acceptors (Lipinski definition) is 3. The summed E-state index contributed by atoms with van der Waals surface area (Å²) in [5.74, 6) is -1.19. The number of amides is 1. The Labute approximate surface area is 106 Å². The molecule has 18 heavy (non-hydrogen) atoms. The van der Waals surface area contributed by atoms with E-state index in [1.54, 1.807) is 0 Å². The Balaban J connectivity index is 4.19. The number of halogens is 3. The van der Waals surface area contributed by atoms with Crippen molar-refractivity contribution in [2.24, 2.45) is 5.73 Å². The molecule has 1 unspecified atom stereocenters. The fraction of sp³-hybridized carbons (Fsp3) is 0.909. The minimum atomic E-state index is -4.75. The van der Waals surface area contributed by atoms with E-state index in [2.05, 4.69) is 5.32 Å². The van der Waals surface area contributed by atoms with Crippen LogP contribution in [0.3, 0.4) is 0 Å². The SMILES string of the molecule is CCCN(CC)CCNC(=O)C(C)(N)C(F)(F)F. The molecular weight excluding hydrogens is 247 g/mol. The number of likely N-dealkylation sites (N-methyl/N-ethyl adjacent to an activating group) is 1. The number of nitrogens with one attached hydrogen (secondary N) is 1. The van der Waals surface area contributed by atoms with Gasteiger partial charge < -0.3 is 16.0 Å². The molecule has 0 saturated carbocycles. The van der Waals surface area contributed by atoms with Crippen LogP contribution in [-0.4, -0.2) is 48.7 Å². The van der Waals surface area contributed by atoms with E-state index in [0.29, 0.717) is 13.5 Å². The minimum Gasteiger partial charge on any atom is -0.353 e. The molecule has 108 valence electrons. The van der Waals surface area contributed by atoms with Crippen molar-refractivity contribution < 1.29 is 18.0 Å². The van der Waals surface area contributed by atoms with Crippen LogP contribution < -0.4 is 11.1 Å². The summed E-state index contributed by atoms with van der Waals surface area (Å²) in [6.45, 7) is 6.97. The highest BCUT2D eigenvalue weighted by Crippen LogP contribution is 2.27. The van der Waals surface area contributed by atoms with Crippen LogP contribution in [0.1, 0.15) is 27.2 Å². The summed E-state index contributed by atoms with van der Waals surface area (Å²) >= 11 is 0. The first-order chi connectivity index (χ1) is 8.16. The molecule has 4 nitrogen and oxygen atoms in total. The van der Waals surface area contributed by atoms with Gasteiger partial charge in [-0.3, -0.25) is 4.79 Å². The highest BCUT2D eigenvalue weighted by molar-refractivity contribution is 5.86. The van der Waals surface area contributed by atoms with Crippen LogP contribution in [0.5, 0.6) is 0 Å². The van der Waals surface area contributed by atoms with Gasteiger partial charge in [-0.1, -0.05) is 13.8 Å². The van der Waals surface area contributed by atoms with Crippen molar-refractivity contribution in [2.75, 3.05) is 26.2 Å². The van der Waals surface area contributed by atoms with E-state index in [0.717, 1.165) is 19.5 Å². The van der Waals surface area contributed by atoms with E-state index in [9.17, 15) is 18.0 Å². The zero-order chi connectivity index (χ0) is 14.4. The normalized spacial score (nSPS) is 15.6. The van der Waals surface area contributed by atoms with E-state index < -0.39 is 17.6 Å². The lowest BCUT2D eigenvalue weighted by Gasteiger charge is -2.27. The van der Waals surface area contributed by atoms with Gasteiger partial charge in [0.1, 0.15) is 0 Å². The number of carbonyl (C=O) groups is 1.